The minimum Gasteiger partial charge on any atom is -0.469 e. The number of carbonyl (C=O) groups excluding carboxylic acids is 3. The lowest BCUT2D eigenvalue weighted by Crippen LogP contribution is -2.31. The van der Waals surface area contributed by atoms with Crippen LogP contribution < -0.4 is 0 Å². The van der Waals surface area contributed by atoms with Crippen LogP contribution in [0, 0.1) is 11.8 Å². The molecule has 1 fully saturated rings. The number of unbranched alkanes of at least 4 members (excludes halogenated alkanes) is 5. The molecule has 0 heterocycles. The number of methoxy groups -OCH3 is 1. The molecule has 36 heavy (non-hydrogen) atoms. The number of carbonyl (C=O) groups is 3. The molecule has 0 spiro atoms. The van der Waals surface area contributed by atoms with E-state index in [-0.39, 0.29) is 36.0 Å². The van der Waals surface area contributed by atoms with Crippen LogP contribution in [0.4, 0.5) is 0 Å². The molecule has 2 unspecified atom stereocenters. The molecule has 1 aliphatic carbocycles. The van der Waals surface area contributed by atoms with Crippen molar-refractivity contribution in [1.29, 1.82) is 0 Å². The average molecular weight is 507 g/mol. The van der Waals surface area contributed by atoms with Crippen molar-refractivity contribution in [3.8, 4) is 0 Å². The summed E-state index contributed by atoms with van der Waals surface area (Å²) < 4.78 is 16.0. The maximum absolute atomic E-state index is 11.8. The van der Waals surface area contributed by atoms with E-state index in [0.29, 0.717) is 25.2 Å². The van der Waals surface area contributed by atoms with Gasteiger partial charge in [0.05, 0.1) is 7.11 Å². The Bertz CT molecular complexity index is 683. The van der Waals surface area contributed by atoms with Gasteiger partial charge in [-0.25, -0.2) is 0 Å². The van der Waals surface area contributed by atoms with Crippen molar-refractivity contribution in [2.24, 2.45) is 11.8 Å². The first kappa shape index (κ1) is 31.9. The Morgan fingerprint density at radius 1 is 0.833 bits per heavy atom. The highest BCUT2D eigenvalue weighted by Crippen LogP contribution is 2.35. The molecule has 6 nitrogen and oxygen atoms in total. The van der Waals surface area contributed by atoms with Crippen molar-refractivity contribution in [1.82, 2.24) is 0 Å². The van der Waals surface area contributed by atoms with Gasteiger partial charge >= 0.3 is 17.9 Å². The zero-order valence-corrected chi connectivity index (χ0v) is 23.2. The van der Waals surface area contributed by atoms with Crippen LogP contribution in [0.2, 0.25) is 0 Å². The molecule has 1 saturated carbocycles. The maximum Gasteiger partial charge on any atom is 0.305 e. The van der Waals surface area contributed by atoms with Gasteiger partial charge in [-0.2, -0.15) is 0 Å². The fourth-order valence-electron chi connectivity index (χ4n) is 5.12. The van der Waals surface area contributed by atoms with Crippen molar-refractivity contribution in [3.05, 3.63) is 24.3 Å². The number of rotatable bonds is 17. The summed E-state index contributed by atoms with van der Waals surface area (Å²) in [7, 11) is 1.39. The predicted molar refractivity (Wildman–Crippen MR) is 143 cm³/mol. The van der Waals surface area contributed by atoms with E-state index in [0.717, 1.165) is 38.5 Å². The number of ether oxygens (including phenoxy) is 3. The lowest BCUT2D eigenvalue weighted by molar-refractivity contribution is -0.151. The molecule has 0 amide bonds. The van der Waals surface area contributed by atoms with E-state index >= 15 is 0 Å². The molecule has 0 aliphatic heterocycles. The fourth-order valence-corrected chi connectivity index (χ4v) is 5.12. The Morgan fingerprint density at radius 3 is 2.22 bits per heavy atom. The molecule has 0 bridgehead atoms. The highest BCUT2D eigenvalue weighted by Gasteiger charge is 2.31. The smallest absolute Gasteiger partial charge is 0.305 e. The molecular weight excluding hydrogens is 456 g/mol. The van der Waals surface area contributed by atoms with Crippen molar-refractivity contribution >= 4 is 17.9 Å². The molecule has 206 valence electrons. The van der Waals surface area contributed by atoms with Gasteiger partial charge in [-0.15, -0.1) is 0 Å². The van der Waals surface area contributed by atoms with Gasteiger partial charge in [-0.3, -0.25) is 14.4 Å². The van der Waals surface area contributed by atoms with E-state index < -0.39 is 0 Å². The number of hydrogen-bond donors (Lipinski definition) is 0. The Hall–Kier alpha value is -2.11. The summed E-state index contributed by atoms with van der Waals surface area (Å²) in [5, 5.41) is 0. The SMILES string of the molecule is CCCCCCCCC(/C=C/C=C/[C@@H]1CCCCC[C@H]1C(CCCC(=O)OC)OC(C)=O)OC(C)=O. The van der Waals surface area contributed by atoms with Crippen LogP contribution in [0.15, 0.2) is 24.3 Å². The second kappa shape index (κ2) is 20.0. The van der Waals surface area contributed by atoms with Crippen molar-refractivity contribution in [3.63, 3.8) is 0 Å². The van der Waals surface area contributed by atoms with E-state index in [1.54, 1.807) is 0 Å². The summed E-state index contributed by atoms with van der Waals surface area (Å²) in [6, 6.07) is 0. The first-order valence-corrected chi connectivity index (χ1v) is 14.1. The molecule has 0 saturated heterocycles. The summed E-state index contributed by atoms with van der Waals surface area (Å²) in [6.07, 6.45) is 23.1. The lowest BCUT2D eigenvalue weighted by atomic mass is 9.81. The topological polar surface area (TPSA) is 78.9 Å². The van der Waals surface area contributed by atoms with Crippen molar-refractivity contribution in [2.45, 2.75) is 129 Å². The standard InChI is InChI=1S/C30H50O6/c1-5-6-7-8-9-12-19-27(35-24(2)31)20-15-14-18-26-17-11-10-13-21-28(26)29(36-25(3)32)22-16-23-30(33)34-4/h14-15,18,20,26-29H,5-13,16-17,19,21-23H2,1-4H3/b18-14+,20-15+/t26-,27?,28+,29?/m0/s1. The van der Waals surface area contributed by atoms with Gasteiger partial charge in [0.15, 0.2) is 0 Å². The van der Waals surface area contributed by atoms with Gasteiger partial charge < -0.3 is 14.2 Å². The van der Waals surface area contributed by atoms with E-state index in [9.17, 15) is 14.4 Å². The van der Waals surface area contributed by atoms with Crippen LogP contribution in [0.1, 0.15) is 117 Å². The molecule has 1 rings (SSSR count). The van der Waals surface area contributed by atoms with Crippen LogP contribution in [0.3, 0.4) is 0 Å². The molecule has 1 aliphatic rings. The summed E-state index contributed by atoms with van der Waals surface area (Å²) in [5.74, 6) is -0.234. The van der Waals surface area contributed by atoms with Gasteiger partial charge in [-0.05, 0) is 50.5 Å². The Labute approximate surface area is 219 Å². The number of allylic oxidation sites excluding steroid dienone is 3. The van der Waals surface area contributed by atoms with Crippen LogP contribution in [-0.4, -0.2) is 37.2 Å². The second-order valence-electron chi connectivity index (χ2n) is 10.1. The van der Waals surface area contributed by atoms with Gasteiger partial charge in [0, 0.05) is 26.2 Å². The molecule has 0 aromatic heterocycles. The first-order valence-electron chi connectivity index (χ1n) is 14.1. The number of esters is 3. The number of hydrogen-bond acceptors (Lipinski definition) is 6. The summed E-state index contributed by atoms with van der Waals surface area (Å²) in [6.45, 7) is 5.13. The lowest BCUT2D eigenvalue weighted by Gasteiger charge is -2.30. The minimum absolute atomic E-state index is 0.199. The molecule has 4 atom stereocenters. The Kier molecular flexibility index (Phi) is 17.7. The third-order valence-electron chi connectivity index (χ3n) is 6.97. The molecule has 0 N–H and O–H groups in total. The highest BCUT2D eigenvalue weighted by atomic mass is 16.5. The normalized spacial score (nSPS) is 20.1. The van der Waals surface area contributed by atoms with Crippen LogP contribution in [0.5, 0.6) is 0 Å². The molecule has 0 aromatic rings. The fraction of sp³-hybridized carbons (Fsp3) is 0.767. The average Bonchev–Trinajstić information content (AvgIpc) is 3.07. The maximum atomic E-state index is 11.8. The van der Waals surface area contributed by atoms with Crippen molar-refractivity contribution in [2.75, 3.05) is 7.11 Å². The van der Waals surface area contributed by atoms with Crippen LogP contribution in [-0.2, 0) is 28.6 Å². The molecular formula is C30H50O6. The van der Waals surface area contributed by atoms with Gasteiger partial charge in [0.1, 0.15) is 12.2 Å². The summed E-state index contributed by atoms with van der Waals surface area (Å²) in [5.41, 5.74) is 0. The van der Waals surface area contributed by atoms with Gasteiger partial charge in [-0.1, -0.05) is 76.5 Å². The quantitative estimate of drug-likeness (QED) is 0.0679. The summed E-state index contributed by atoms with van der Waals surface area (Å²) >= 11 is 0. The monoisotopic (exact) mass is 506 g/mol. The zero-order chi connectivity index (χ0) is 26.6. The Balaban J connectivity index is 2.77. The molecule has 0 aromatic carbocycles. The zero-order valence-electron chi connectivity index (χ0n) is 23.2. The predicted octanol–water partition coefficient (Wildman–Crippen LogP) is 7.25. The van der Waals surface area contributed by atoms with Crippen LogP contribution in [0.25, 0.3) is 0 Å². The van der Waals surface area contributed by atoms with E-state index in [1.165, 1.54) is 59.5 Å². The third-order valence-corrected chi connectivity index (χ3v) is 6.97. The molecule has 6 heteroatoms. The largest absolute Gasteiger partial charge is 0.469 e. The van der Waals surface area contributed by atoms with Crippen LogP contribution >= 0.6 is 0 Å². The second-order valence-corrected chi connectivity index (χ2v) is 10.1. The Morgan fingerprint density at radius 2 is 1.53 bits per heavy atom. The first-order chi connectivity index (χ1) is 17.4. The van der Waals surface area contributed by atoms with Gasteiger partial charge in [0.25, 0.3) is 0 Å². The van der Waals surface area contributed by atoms with Gasteiger partial charge in [0.2, 0.25) is 0 Å². The van der Waals surface area contributed by atoms with E-state index in [4.69, 9.17) is 14.2 Å². The molecule has 0 radical (unpaired) electrons. The van der Waals surface area contributed by atoms with E-state index in [2.05, 4.69) is 19.1 Å². The summed E-state index contributed by atoms with van der Waals surface area (Å²) in [4.78, 5) is 34.9. The minimum atomic E-state index is -0.274. The van der Waals surface area contributed by atoms with Crippen molar-refractivity contribution < 1.29 is 28.6 Å². The third kappa shape index (κ3) is 15.1. The van der Waals surface area contributed by atoms with E-state index in [1.807, 2.05) is 12.2 Å². The highest BCUT2D eigenvalue weighted by molar-refractivity contribution is 5.69.